The summed E-state index contributed by atoms with van der Waals surface area (Å²) in [6, 6.07) is 6.91. The van der Waals surface area contributed by atoms with Gasteiger partial charge in [0.25, 0.3) is 5.91 Å². The molecule has 0 aliphatic carbocycles. The van der Waals surface area contributed by atoms with Gasteiger partial charge in [0.2, 0.25) is 5.82 Å². The number of amides is 1. The van der Waals surface area contributed by atoms with Crippen LogP contribution in [0.3, 0.4) is 0 Å². The number of rotatable bonds is 7. The van der Waals surface area contributed by atoms with Crippen molar-refractivity contribution >= 4 is 17.5 Å². The first-order chi connectivity index (χ1) is 12.2. The van der Waals surface area contributed by atoms with Gasteiger partial charge in [-0.3, -0.25) is 9.69 Å². The second-order valence-corrected chi connectivity index (χ2v) is 6.27. The highest BCUT2D eigenvalue weighted by atomic mass is 35.5. The molecule has 0 bridgehead atoms. The lowest BCUT2D eigenvalue weighted by atomic mass is 10.3. The summed E-state index contributed by atoms with van der Waals surface area (Å²) in [6.45, 7) is 1.18. The minimum absolute atomic E-state index is 0.00101. The predicted octanol–water partition coefficient (Wildman–Crippen LogP) is 2.84. The average molecular weight is 390 g/mol. The number of nitrogens with zero attached hydrogens (tertiary/aromatic N) is 4. The molecule has 1 aromatic heterocycles. The van der Waals surface area contributed by atoms with Gasteiger partial charge < -0.3 is 5.32 Å². The van der Waals surface area contributed by atoms with E-state index in [9.17, 15) is 18.0 Å². The van der Waals surface area contributed by atoms with Crippen LogP contribution in [-0.4, -0.2) is 58.4 Å². The molecule has 0 unspecified atom stereocenters. The molecule has 0 fully saturated rings. The number of carbonyl (C=O) groups is 1. The van der Waals surface area contributed by atoms with Gasteiger partial charge in [0.05, 0.1) is 12.2 Å². The summed E-state index contributed by atoms with van der Waals surface area (Å²) in [7, 11) is 1.38. The molecule has 1 N–H and O–H groups in total. The molecule has 6 nitrogen and oxygen atoms in total. The number of aromatic nitrogens is 3. The van der Waals surface area contributed by atoms with Crippen molar-refractivity contribution in [3.63, 3.8) is 0 Å². The van der Waals surface area contributed by atoms with Crippen LogP contribution in [0.2, 0.25) is 5.02 Å². The van der Waals surface area contributed by atoms with E-state index in [0.29, 0.717) is 23.0 Å². The van der Waals surface area contributed by atoms with E-state index in [-0.39, 0.29) is 18.9 Å². The fourth-order valence-electron chi connectivity index (χ4n) is 2.33. The number of hydrogen-bond donors (Lipinski definition) is 1. The highest BCUT2D eigenvalue weighted by Gasteiger charge is 2.28. The van der Waals surface area contributed by atoms with Crippen LogP contribution in [0.4, 0.5) is 13.2 Å². The Morgan fingerprint density at radius 1 is 1.31 bits per heavy atom. The first kappa shape index (κ1) is 20.2. The lowest BCUT2D eigenvalue weighted by Crippen LogP contribution is -2.34. The number of alkyl halides is 3. The number of nitrogens with one attached hydrogen (secondary N) is 1. The van der Waals surface area contributed by atoms with E-state index in [2.05, 4.69) is 15.4 Å². The van der Waals surface area contributed by atoms with Crippen LogP contribution in [0.25, 0.3) is 5.69 Å². The SMILES string of the molecule is Cc1nc(C(=O)NCCCN(C)CC(F)(F)F)nn1-c1ccc(Cl)cc1. The molecule has 0 aliphatic rings. The predicted molar refractivity (Wildman–Crippen MR) is 91.6 cm³/mol. The Kier molecular flexibility index (Phi) is 6.60. The zero-order chi connectivity index (χ0) is 19.3. The molecular weight excluding hydrogens is 371 g/mol. The zero-order valence-corrected chi connectivity index (χ0v) is 15.1. The first-order valence-corrected chi connectivity index (χ1v) is 8.26. The van der Waals surface area contributed by atoms with Crippen molar-refractivity contribution in [2.24, 2.45) is 0 Å². The standard InChI is InChI=1S/C16H19ClF3N5O/c1-11-22-14(23-25(11)13-6-4-12(17)5-7-13)15(26)21-8-3-9-24(2)10-16(18,19)20/h4-7H,3,8-10H2,1-2H3,(H,21,26). The van der Waals surface area contributed by atoms with Crippen molar-refractivity contribution in [3.8, 4) is 5.69 Å². The molecule has 0 saturated carbocycles. The van der Waals surface area contributed by atoms with Gasteiger partial charge in [-0.2, -0.15) is 13.2 Å². The summed E-state index contributed by atoms with van der Waals surface area (Å²) in [5.41, 5.74) is 0.715. The van der Waals surface area contributed by atoms with Crippen LogP contribution in [0, 0.1) is 6.92 Å². The minimum atomic E-state index is -4.23. The van der Waals surface area contributed by atoms with Gasteiger partial charge in [-0.1, -0.05) is 11.6 Å². The Balaban J connectivity index is 1.87. The summed E-state index contributed by atoms with van der Waals surface area (Å²) >= 11 is 5.85. The molecule has 0 aliphatic heterocycles. The van der Waals surface area contributed by atoms with Crippen molar-refractivity contribution in [2.75, 3.05) is 26.7 Å². The van der Waals surface area contributed by atoms with E-state index >= 15 is 0 Å². The maximum atomic E-state index is 12.2. The Labute approximate surface area is 154 Å². The van der Waals surface area contributed by atoms with Gasteiger partial charge >= 0.3 is 6.18 Å². The third-order valence-corrected chi connectivity index (χ3v) is 3.75. The minimum Gasteiger partial charge on any atom is -0.349 e. The molecule has 26 heavy (non-hydrogen) atoms. The largest absolute Gasteiger partial charge is 0.401 e. The van der Waals surface area contributed by atoms with E-state index in [1.54, 1.807) is 31.2 Å². The quantitative estimate of drug-likeness (QED) is 0.740. The molecule has 0 spiro atoms. The molecule has 1 aromatic carbocycles. The van der Waals surface area contributed by atoms with Gasteiger partial charge in [0, 0.05) is 11.6 Å². The first-order valence-electron chi connectivity index (χ1n) is 7.89. The number of hydrogen-bond acceptors (Lipinski definition) is 4. The fourth-order valence-corrected chi connectivity index (χ4v) is 2.45. The molecule has 10 heteroatoms. The summed E-state index contributed by atoms with van der Waals surface area (Å²) in [6.07, 6.45) is -3.84. The Bertz CT molecular complexity index is 745. The van der Waals surface area contributed by atoms with Gasteiger partial charge in [0.1, 0.15) is 5.82 Å². The second kappa shape index (κ2) is 8.50. The molecule has 0 saturated heterocycles. The molecule has 2 rings (SSSR count). The monoisotopic (exact) mass is 389 g/mol. The van der Waals surface area contributed by atoms with Crippen molar-refractivity contribution in [2.45, 2.75) is 19.5 Å². The third-order valence-electron chi connectivity index (χ3n) is 3.49. The van der Waals surface area contributed by atoms with E-state index in [0.717, 1.165) is 4.90 Å². The topological polar surface area (TPSA) is 63.1 Å². The highest BCUT2D eigenvalue weighted by Crippen LogP contribution is 2.16. The Morgan fingerprint density at radius 2 is 1.96 bits per heavy atom. The molecule has 2 aromatic rings. The fraction of sp³-hybridized carbons (Fsp3) is 0.438. The third kappa shape index (κ3) is 5.99. The molecular formula is C16H19ClF3N5O. The van der Waals surface area contributed by atoms with E-state index in [4.69, 9.17) is 11.6 Å². The van der Waals surface area contributed by atoms with Gasteiger partial charge in [0.15, 0.2) is 0 Å². The highest BCUT2D eigenvalue weighted by molar-refractivity contribution is 6.30. The van der Waals surface area contributed by atoms with Gasteiger partial charge in [-0.15, -0.1) is 5.10 Å². The van der Waals surface area contributed by atoms with Gasteiger partial charge in [-0.25, -0.2) is 9.67 Å². The number of benzene rings is 1. The van der Waals surface area contributed by atoms with Crippen LogP contribution < -0.4 is 5.32 Å². The summed E-state index contributed by atoms with van der Waals surface area (Å²) in [5, 5.41) is 7.36. The molecule has 1 heterocycles. The molecule has 0 atom stereocenters. The molecule has 0 radical (unpaired) electrons. The smallest absolute Gasteiger partial charge is 0.349 e. The van der Waals surface area contributed by atoms with E-state index in [1.165, 1.54) is 11.7 Å². The Morgan fingerprint density at radius 3 is 2.58 bits per heavy atom. The van der Waals surface area contributed by atoms with Crippen LogP contribution in [0.15, 0.2) is 24.3 Å². The maximum absolute atomic E-state index is 12.2. The normalized spacial score (nSPS) is 11.8. The Hall–Kier alpha value is -2.13. The number of carbonyl (C=O) groups excluding carboxylic acids is 1. The average Bonchev–Trinajstić information content (AvgIpc) is 2.92. The lowest BCUT2D eigenvalue weighted by Gasteiger charge is -2.18. The van der Waals surface area contributed by atoms with Gasteiger partial charge in [-0.05, 0) is 51.2 Å². The maximum Gasteiger partial charge on any atom is 0.401 e. The van der Waals surface area contributed by atoms with Crippen LogP contribution in [-0.2, 0) is 0 Å². The van der Waals surface area contributed by atoms with E-state index < -0.39 is 18.6 Å². The van der Waals surface area contributed by atoms with E-state index in [1.807, 2.05) is 0 Å². The second-order valence-electron chi connectivity index (χ2n) is 5.83. The lowest BCUT2D eigenvalue weighted by molar-refractivity contribution is -0.143. The summed E-state index contributed by atoms with van der Waals surface area (Å²) in [5.74, 6) is 0.0581. The van der Waals surface area contributed by atoms with Crippen LogP contribution in [0.5, 0.6) is 0 Å². The van der Waals surface area contributed by atoms with Crippen LogP contribution in [0.1, 0.15) is 22.9 Å². The summed E-state index contributed by atoms with van der Waals surface area (Å²) < 4.78 is 38.2. The van der Waals surface area contributed by atoms with Crippen molar-refractivity contribution in [1.29, 1.82) is 0 Å². The molecule has 1 amide bonds. The summed E-state index contributed by atoms with van der Waals surface area (Å²) in [4.78, 5) is 17.4. The number of halogens is 4. The molecule has 142 valence electrons. The van der Waals surface area contributed by atoms with Crippen molar-refractivity contribution < 1.29 is 18.0 Å². The number of aryl methyl sites for hydroxylation is 1. The van der Waals surface area contributed by atoms with Crippen LogP contribution >= 0.6 is 11.6 Å². The van der Waals surface area contributed by atoms with Crippen molar-refractivity contribution in [1.82, 2.24) is 25.0 Å². The van der Waals surface area contributed by atoms with Crippen molar-refractivity contribution in [3.05, 3.63) is 40.9 Å². The zero-order valence-electron chi connectivity index (χ0n) is 14.3.